The zero-order valence-corrected chi connectivity index (χ0v) is 25.5. The third kappa shape index (κ3) is 6.91. The summed E-state index contributed by atoms with van der Waals surface area (Å²) < 4.78 is 32.6. The molecule has 0 aliphatic heterocycles. The molecule has 1 aliphatic carbocycles. The van der Waals surface area contributed by atoms with E-state index in [0.717, 1.165) is 46.4 Å². The number of ether oxygens (including phenoxy) is 3. The average Bonchev–Trinajstić information content (AvgIpc) is 3.86. The number of benzene rings is 3. The molecule has 0 unspecified atom stereocenters. The molecule has 2 aromatic heterocycles. The molecule has 3 aromatic carbocycles. The molecule has 0 bridgehead atoms. The molecule has 230 valence electrons. The third-order valence-corrected chi connectivity index (χ3v) is 7.79. The number of pyridine rings is 1. The third-order valence-electron chi connectivity index (χ3n) is 7.79. The number of methoxy groups -OCH3 is 2. The van der Waals surface area contributed by atoms with Crippen LogP contribution in [0.15, 0.2) is 72.8 Å². The highest BCUT2D eigenvalue weighted by molar-refractivity contribution is 5.93. The van der Waals surface area contributed by atoms with Crippen LogP contribution >= 0.6 is 0 Å². The van der Waals surface area contributed by atoms with Gasteiger partial charge in [0.15, 0.2) is 0 Å². The number of rotatable bonds is 10. The SMILES string of the molecule is COCCn1c(Cc2ccc(-c3cccc(OCc4ccc(C#N)cc4F)n3)cc2C#CC2CC2)nc2ccc(C(=O)OC)cc21. The summed E-state index contributed by atoms with van der Waals surface area (Å²) in [5.74, 6) is 7.51. The number of esters is 1. The zero-order chi connectivity index (χ0) is 32.0. The van der Waals surface area contributed by atoms with E-state index in [1.807, 2.05) is 42.5 Å². The van der Waals surface area contributed by atoms with Gasteiger partial charge in [-0.05, 0) is 60.9 Å². The van der Waals surface area contributed by atoms with Gasteiger partial charge in [-0.2, -0.15) is 5.26 Å². The van der Waals surface area contributed by atoms with E-state index in [4.69, 9.17) is 24.5 Å². The van der Waals surface area contributed by atoms with Gasteiger partial charge in [0.2, 0.25) is 5.88 Å². The number of carbonyl (C=O) groups is 1. The van der Waals surface area contributed by atoms with Crippen LogP contribution in [0.1, 0.15) is 51.3 Å². The fourth-order valence-electron chi connectivity index (χ4n) is 5.11. The fourth-order valence-corrected chi connectivity index (χ4v) is 5.11. The monoisotopic (exact) mass is 614 g/mol. The number of imidazole rings is 1. The van der Waals surface area contributed by atoms with Crippen molar-refractivity contribution in [1.82, 2.24) is 14.5 Å². The molecule has 1 fully saturated rings. The normalized spacial score (nSPS) is 12.3. The molecule has 1 saturated carbocycles. The van der Waals surface area contributed by atoms with Crippen molar-refractivity contribution >= 4 is 17.0 Å². The van der Waals surface area contributed by atoms with Crippen molar-refractivity contribution in [3.63, 3.8) is 0 Å². The largest absolute Gasteiger partial charge is 0.473 e. The summed E-state index contributed by atoms with van der Waals surface area (Å²) in [5.41, 5.74) is 6.14. The summed E-state index contributed by atoms with van der Waals surface area (Å²) in [4.78, 5) is 21.8. The quantitative estimate of drug-likeness (QED) is 0.131. The molecule has 5 aromatic rings. The Labute approximate surface area is 266 Å². The first kappa shape index (κ1) is 30.5. The standard InChI is InChI=1S/C37H31FN4O4/c1-44-17-16-42-34-20-29(37(43)45-2)14-15-33(34)40-35(42)21-27-12-13-28(19-26(27)10-8-24-6-7-24)32-4-3-5-36(41-32)46-23-30-11-9-25(22-39)18-31(30)38/h3-5,9,11-15,18-20,24H,6-7,16-17,21,23H2,1-2H3. The molecular weight excluding hydrogens is 583 g/mol. The fraction of sp³-hybridized carbons (Fsp3) is 0.243. The van der Waals surface area contributed by atoms with Crippen LogP contribution in [0.25, 0.3) is 22.3 Å². The Hall–Kier alpha value is -5.51. The molecule has 0 N–H and O–H groups in total. The van der Waals surface area contributed by atoms with E-state index in [9.17, 15) is 9.18 Å². The Balaban J connectivity index is 1.30. The molecular formula is C37H31FN4O4. The van der Waals surface area contributed by atoms with Gasteiger partial charge in [-0.15, -0.1) is 0 Å². The van der Waals surface area contributed by atoms with Gasteiger partial charge in [0.25, 0.3) is 0 Å². The number of hydrogen-bond donors (Lipinski definition) is 0. The minimum absolute atomic E-state index is 0.0176. The van der Waals surface area contributed by atoms with Crippen LogP contribution in [-0.4, -0.2) is 41.3 Å². The van der Waals surface area contributed by atoms with E-state index in [1.165, 1.54) is 13.2 Å². The van der Waals surface area contributed by atoms with Crippen molar-refractivity contribution in [3.05, 3.63) is 112 Å². The van der Waals surface area contributed by atoms with Gasteiger partial charge in [-0.25, -0.2) is 19.2 Å². The molecule has 1 aliphatic rings. The number of hydrogen-bond acceptors (Lipinski definition) is 7. The number of halogens is 1. The van der Waals surface area contributed by atoms with Gasteiger partial charge in [0.1, 0.15) is 18.2 Å². The lowest BCUT2D eigenvalue weighted by molar-refractivity contribution is 0.0601. The minimum atomic E-state index is -0.496. The Morgan fingerprint density at radius 3 is 2.63 bits per heavy atom. The number of fused-ring (bicyclic) bond motifs is 1. The first-order chi connectivity index (χ1) is 22.4. The molecule has 0 amide bonds. The molecule has 2 heterocycles. The lowest BCUT2D eigenvalue weighted by Gasteiger charge is -2.12. The summed E-state index contributed by atoms with van der Waals surface area (Å²) in [6, 6.07) is 23.1. The highest BCUT2D eigenvalue weighted by Crippen LogP contribution is 2.29. The lowest BCUT2D eigenvalue weighted by atomic mass is 9.99. The van der Waals surface area contributed by atoms with Crippen LogP contribution in [0.4, 0.5) is 4.39 Å². The molecule has 8 nitrogen and oxygen atoms in total. The van der Waals surface area contributed by atoms with Crippen LogP contribution in [0.2, 0.25) is 0 Å². The van der Waals surface area contributed by atoms with Crippen LogP contribution < -0.4 is 4.74 Å². The predicted molar refractivity (Wildman–Crippen MR) is 170 cm³/mol. The summed E-state index contributed by atoms with van der Waals surface area (Å²) in [5, 5.41) is 8.99. The topological polar surface area (TPSA) is 99.3 Å². The smallest absolute Gasteiger partial charge is 0.337 e. The zero-order valence-electron chi connectivity index (χ0n) is 25.5. The number of aromatic nitrogens is 3. The molecule has 0 saturated heterocycles. The highest BCUT2D eigenvalue weighted by Gasteiger charge is 2.19. The van der Waals surface area contributed by atoms with Crippen molar-refractivity contribution in [1.29, 1.82) is 5.26 Å². The number of carbonyl (C=O) groups excluding carboxylic acids is 1. The van der Waals surface area contributed by atoms with E-state index < -0.39 is 11.8 Å². The molecule has 46 heavy (non-hydrogen) atoms. The maximum Gasteiger partial charge on any atom is 0.337 e. The van der Waals surface area contributed by atoms with Crippen LogP contribution in [0, 0.1) is 34.9 Å². The summed E-state index contributed by atoms with van der Waals surface area (Å²) in [7, 11) is 3.02. The van der Waals surface area contributed by atoms with Crippen molar-refractivity contribution in [2.45, 2.75) is 32.4 Å². The summed E-state index contributed by atoms with van der Waals surface area (Å²) in [6.07, 6.45) is 2.74. The van der Waals surface area contributed by atoms with Gasteiger partial charge in [0.05, 0.1) is 47.6 Å². The van der Waals surface area contributed by atoms with Crippen molar-refractivity contribution in [2.75, 3.05) is 20.8 Å². The first-order valence-electron chi connectivity index (χ1n) is 15.0. The van der Waals surface area contributed by atoms with E-state index in [1.54, 1.807) is 37.4 Å². The van der Waals surface area contributed by atoms with Crippen molar-refractivity contribution in [3.8, 4) is 35.0 Å². The average molecular weight is 615 g/mol. The second-order valence-electron chi connectivity index (χ2n) is 11.0. The molecule has 0 radical (unpaired) electrons. The van der Waals surface area contributed by atoms with Crippen molar-refractivity contribution in [2.24, 2.45) is 5.92 Å². The Kier molecular flexibility index (Phi) is 9.05. The summed E-state index contributed by atoms with van der Waals surface area (Å²) in [6.45, 7) is 1.03. The van der Waals surface area contributed by atoms with Crippen molar-refractivity contribution < 1.29 is 23.4 Å². The van der Waals surface area contributed by atoms with Gasteiger partial charge >= 0.3 is 5.97 Å². The second kappa shape index (κ2) is 13.6. The van der Waals surface area contributed by atoms with Gasteiger partial charge < -0.3 is 18.8 Å². The minimum Gasteiger partial charge on any atom is -0.473 e. The van der Waals surface area contributed by atoms with Gasteiger partial charge in [-0.3, -0.25) is 0 Å². The first-order valence-corrected chi connectivity index (χ1v) is 15.0. The van der Waals surface area contributed by atoms with Gasteiger partial charge in [-0.1, -0.05) is 36.1 Å². The number of nitriles is 1. The van der Waals surface area contributed by atoms with Crippen LogP contribution in [-0.2, 0) is 29.0 Å². The Bertz CT molecular complexity index is 2030. The van der Waals surface area contributed by atoms with E-state index in [2.05, 4.69) is 21.4 Å². The lowest BCUT2D eigenvalue weighted by Crippen LogP contribution is -2.10. The van der Waals surface area contributed by atoms with Crippen LogP contribution in [0.3, 0.4) is 0 Å². The Morgan fingerprint density at radius 1 is 1.02 bits per heavy atom. The maximum absolute atomic E-state index is 14.4. The summed E-state index contributed by atoms with van der Waals surface area (Å²) >= 11 is 0. The highest BCUT2D eigenvalue weighted by atomic mass is 19.1. The Morgan fingerprint density at radius 2 is 1.87 bits per heavy atom. The molecule has 9 heteroatoms. The van der Waals surface area contributed by atoms with Crippen LogP contribution in [0.5, 0.6) is 5.88 Å². The van der Waals surface area contributed by atoms with Gasteiger partial charge in [0, 0.05) is 48.8 Å². The molecule has 0 atom stereocenters. The second-order valence-corrected chi connectivity index (χ2v) is 11.0. The molecule has 6 rings (SSSR count). The number of nitrogens with zero attached hydrogens (tertiary/aromatic N) is 4. The van der Waals surface area contributed by atoms with E-state index in [0.29, 0.717) is 48.2 Å². The van der Waals surface area contributed by atoms with E-state index in [-0.39, 0.29) is 12.2 Å². The molecule has 0 spiro atoms. The van der Waals surface area contributed by atoms with E-state index >= 15 is 0 Å². The predicted octanol–water partition coefficient (Wildman–Crippen LogP) is 6.47. The maximum atomic E-state index is 14.4.